The quantitative estimate of drug-likeness (QED) is 0.0511. The van der Waals surface area contributed by atoms with Crippen molar-refractivity contribution in [2.24, 2.45) is 0 Å². The molecule has 0 radical (unpaired) electrons. The molecule has 6 aromatic carbocycles. The smallest absolute Gasteiger partial charge is 0.309 e. The molecule has 0 unspecified atom stereocenters. The molecule has 1 N–H and O–H groups in total. The third-order valence-electron chi connectivity index (χ3n) is 8.95. The SMILES string of the molecule is O=COCCN1C(=CC=CC=Cc2sc3c4ccccc4c4ccccc4c3[n+]2CCC(=O)O)Sc2c1c1ccccc1c1ccccc21. The molecule has 0 atom stereocenters. The maximum Gasteiger partial charge on any atom is 0.309 e. The topological polar surface area (TPSA) is 70.7 Å². The summed E-state index contributed by atoms with van der Waals surface area (Å²) in [4.78, 5) is 26.2. The molecular weight excluding hydrogens is 649 g/mol. The molecule has 1 aliphatic rings. The van der Waals surface area contributed by atoms with Crippen LogP contribution >= 0.6 is 23.1 Å². The molecule has 0 saturated heterocycles. The molecule has 8 rings (SSSR count). The second-order valence-electron chi connectivity index (χ2n) is 11.7. The Hall–Kier alpha value is -5.44. The predicted molar refractivity (Wildman–Crippen MR) is 202 cm³/mol. The van der Waals surface area contributed by atoms with Crippen LogP contribution in [0.5, 0.6) is 0 Å². The van der Waals surface area contributed by atoms with Gasteiger partial charge in [0.05, 0.1) is 22.6 Å². The van der Waals surface area contributed by atoms with Crippen molar-refractivity contribution < 1.29 is 24.0 Å². The lowest BCUT2D eigenvalue weighted by Crippen LogP contribution is -2.36. The summed E-state index contributed by atoms with van der Waals surface area (Å²) >= 11 is 3.42. The lowest BCUT2D eigenvalue weighted by Gasteiger charge is -2.21. The van der Waals surface area contributed by atoms with Crippen LogP contribution in [0, 0.1) is 0 Å². The summed E-state index contributed by atoms with van der Waals surface area (Å²) in [5.41, 5.74) is 2.20. The van der Waals surface area contributed by atoms with Gasteiger partial charge in [0, 0.05) is 21.7 Å². The van der Waals surface area contributed by atoms with Gasteiger partial charge < -0.3 is 14.7 Å². The van der Waals surface area contributed by atoms with Crippen molar-refractivity contribution in [3.05, 3.63) is 131 Å². The molecule has 8 heteroatoms. The van der Waals surface area contributed by atoms with Gasteiger partial charge in [0.2, 0.25) is 5.52 Å². The van der Waals surface area contributed by atoms with E-state index >= 15 is 0 Å². The van der Waals surface area contributed by atoms with E-state index in [2.05, 4.69) is 113 Å². The fourth-order valence-electron chi connectivity index (χ4n) is 6.89. The number of nitrogens with zero attached hydrogens (tertiary/aromatic N) is 2. The summed E-state index contributed by atoms with van der Waals surface area (Å²) < 4.78 is 8.45. The number of anilines is 1. The van der Waals surface area contributed by atoms with Crippen LogP contribution in [0.1, 0.15) is 11.4 Å². The van der Waals surface area contributed by atoms with E-state index in [-0.39, 0.29) is 13.0 Å². The van der Waals surface area contributed by atoms with E-state index in [1.165, 1.54) is 31.8 Å². The zero-order chi connectivity index (χ0) is 33.3. The molecule has 0 saturated carbocycles. The van der Waals surface area contributed by atoms with E-state index in [9.17, 15) is 14.7 Å². The minimum Gasteiger partial charge on any atom is -0.481 e. The molecule has 49 heavy (non-hydrogen) atoms. The van der Waals surface area contributed by atoms with Gasteiger partial charge in [-0.1, -0.05) is 132 Å². The minimum absolute atomic E-state index is 0.0330. The fourth-order valence-corrected chi connectivity index (χ4v) is 9.40. The monoisotopic (exact) mass is 679 g/mol. The van der Waals surface area contributed by atoms with Crippen molar-refractivity contribution >= 4 is 101 Å². The standard InChI is InChI=1S/C41H30N2O4S2/c44-26-47-25-24-43-36(49-41-34-19-11-7-15-30(34)28-13-5-9-17-32(28)39(41)43)21-3-1-2-20-35-42(23-22-37(45)46)38-31-16-8-4-12-27(31)29-14-6-10-18-33(29)40(38)48-35/h1-21,26H,22-25H2/p+1. The number of thioether (sulfide) groups is 1. The molecule has 6 nitrogen and oxygen atoms in total. The largest absolute Gasteiger partial charge is 0.481 e. The normalized spacial score (nSPS) is 14.0. The van der Waals surface area contributed by atoms with Crippen LogP contribution in [0.3, 0.4) is 0 Å². The third-order valence-corrected chi connectivity index (χ3v) is 11.3. The van der Waals surface area contributed by atoms with Gasteiger partial charge in [0.15, 0.2) is 6.54 Å². The number of aliphatic carboxylic acids is 1. The second kappa shape index (κ2) is 13.2. The lowest BCUT2D eigenvalue weighted by molar-refractivity contribution is -0.667. The predicted octanol–water partition coefficient (Wildman–Crippen LogP) is 9.47. The number of allylic oxidation sites excluding steroid dienone is 4. The van der Waals surface area contributed by atoms with Crippen LogP contribution in [0.15, 0.2) is 131 Å². The number of ether oxygens (including phenoxy) is 1. The minimum atomic E-state index is -0.822. The van der Waals surface area contributed by atoms with Crippen molar-refractivity contribution in [3.63, 3.8) is 0 Å². The lowest BCUT2D eigenvalue weighted by atomic mass is 9.99. The molecular formula is C41H31N2O4S2+. The Labute approximate surface area is 290 Å². The number of hydrogen-bond donors (Lipinski definition) is 1. The number of aromatic nitrogens is 1. The van der Waals surface area contributed by atoms with Crippen LogP contribution < -0.4 is 9.47 Å². The Morgan fingerprint density at radius 1 is 0.755 bits per heavy atom. The number of carboxylic acids is 1. The fraction of sp³-hybridized carbons (Fsp3) is 0.0976. The van der Waals surface area contributed by atoms with Gasteiger partial charge in [0.25, 0.3) is 11.5 Å². The summed E-state index contributed by atoms with van der Waals surface area (Å²) in [5, 5.41) is 21.1. The summed E-state index contributed by atoms with van der Waals surface area (Å²) in [6.45, 7) is 1.68. The van der Waals surface area contributed by atoms with Crippen molar-refractivity contribution in [1.29, 1.82) is 0 Å². The van der Waals surface area contributed by atoms with Gasteiger partial charge in [-0.25, -0.2) is 0 Å². The number of fused-ring (bicyclic) bond motifs is 12. The summed E-state index contributed by atoms with van der Waals surface area (Å²) in [7, 11) is 0. The molecule has 7 aromatic rings. The molecule has 240 valence electrons. The summed E-state index contributed by atoms with van der Waals surface area (Å²) in [6.07, 6.45) is 10.3. The average Bonchev–Trinajstić information content (AvgIpc) is 3.69. The molecule has 0 fully saturated rings. The highest BCUT2D eigenvalue weighted by Gasteiger charge is 2.29. The van der Waals surface area contributed by atoms with Gasteiger partial charge >= 0.3 is 5.97 Å². The van der Waals surface area contributed by atoms with Crippen molar-refractivity contribution in [1.82, 2.24) is 0 Å². The Balaban J connectivity index is 1.18. The number of rotatable bonds is 10. The van der Waals surface area contributed by atoms with Gasteiger partial charge in [-0.05, 0) is 39.1 Å². The Morgan fingerprint density at radius 2 is 1.35 bits per heavy atom. The highest BCUT2D eigenvalue weighted by Crippen LogP contribution is 2.53. The molecule has 1 aromatic heterocycles. The van der Waals surface area contributed by atoms with Crippen molar-refractivity contribution in [2.45, 2.75) is 17.9 Å². The average molecular weight is 680 g/mol. The van der Waals surface area contributed by atoms with Gasteiger partial charge in [-0.3, -0.25) is 9.59 Å². The number of thiazole rings is 1. The van der Waals surface area contributed by atoms with Gasteiger partial charge in [-0.15, -0.1) is 0 Å². The highest BCUT2D eigenvalue weighted by atomic mass is 32.2. The number of carboxylic acid groups (broad SMARTS) is 1. The van der Waals surface area contributed by atoms with E-state index in [4.69, 9.17) is 4.74 Å². The van der Waals surface area contributed by atoms with Crippen LogP contribution in [-0.2, 0) is 20.9 Å². The highest BCUT2D eigenvalue weighted by molar-refractivity contribution is 8.04. The van der Waals surface area contributed by atoms with E-state index in [1.807, 2.05) is 24.3 Å². The Morgan fingerprint density at radius 3 is 2.04 bits per heavy atom. The first-order valence-corrected chi connectivity index (χ1v) is 17.7. The van der Waals surface area contributed by atoms with Crippen LogP contribution in [-0.4, -0.2) is 30.7 Å². The van der Waals surface area contributed by atoms with Gasteiger partial charge in [-0.2, -0.15) is 4.57 Å². The molecule has 0 bridgehead atoms. The first-order chi connectivity index (χ1) is 24.1. The van der Waals surface area contributed by atoms with Crippen molar-refractivity contribution in [3.8, 4) is 0 Å². The van der Waals surface area contributed by atoms with Crippen molar-refractivity contribution in [2.75, 3.05) is 18.1 Å². The van der Waals surface area contributed by atoms with E-state index in [1.54, 1.807) is 23.1 Å². The van der Waals surface area contributed by atoms with E-state index in [0.29, 0.717) is 19.6 Å². The summed E-state index contributed by atoms with van der Waals surface area (Å²) in [5.74, 6) is -0.822. The number of aryl methyl sites for hydroxylation is 1. The van der Waals surface area contributed by atoms with Gasteiger partial charge in [0.1, 0.15) is 17.7 Å². The maximum atomic E-state index is 11.7. The molecule has 0 aliphatic carbocycles. The zero-order valence-electron chi connectivity index (χ0n) is 26.4. The first kappa shape index (κ1) is 30.9. The van der Waals surface area contributed by atoms with Crippen LogP contribution in [0.25, 0.3) is 59.4 Å². The molecule has 0 amide bonds. The number of carbonyl (C=O) groups excluding carboxylic acids is 1. The number of benzene rings is 6. The van der Waals surface area contributed by atoms with Crippen LogP contribution in [0.2, 0.25) is 0 Å². The summed E-state index contributed by atoms with van der Waals surface area (Å²) in [6, 6.07) is 33.8. The van der Waals surface area contributed by atoms with E-state index in [0.717, 1.165) is 42.1 Å². The van der Waals surface area contributed by atoms with Crippen LogP contribution in [0.4, 0.5) is 5.69 Å². The molecule has 0 spiro atoms. The Kier molecular flexibility index (Phi) is 8.33. The maximum absolute atomic E-state index is 11.7. The Bertz CT molecular complexity index is 2530. The second-order valence-corrected chi connectivity index (χ2v) is 13.8. The number of carbonyl (C=O) groups is 2. The number of hydrogen-bond acceptors (Lipinski definition) is 6. The first-order valence-electron chi connectivity index (χ1n) is 16.1. The molecule has 1 aliphatic heterocycles. The molecule has 2 heterocycles. The zero-order valence-corrected chi connectivity index (χ0v) is 28.0. The van der Waals surface area contributed by atoms with E-state index < -0.39 is 5.97 Å². The third kappa shape index (κ3) is 5.53.